The van der Waals surface area contributed by atoms with Gasteiger partial charge in [0, 0.05) is 46.1 Å². The van der Waals surface area contributed by atoms with Crippen molar-refractivity contribution < 1.29 is 4.74 Å². The van der Waals surface area contributed by atoms with E-state index in [9.17, 15) is 0 Å². The minimum absolute atomic E-state index is 0.482. The summed E-state index contributed by atoms with van der Waals surface area (Å²) in [6.45, 7) is 6.61. The number of hydrogen-bond donors (Lipinski definition) is 0. The SMILES string of the molecule is COCCC1(CN2CCCN(c3cccnn3)CC2)CCCCC1. The lowest BCUT2D eigenvalue weighted by molar-refractivity contribution is 0.0636. The van der Waals surface area contributed by atoms with Gasteiger partial charge in [-0.1, -0.05) is 19.3 Å². The second-order valence-corrected chi connectivity index (χ2v) is 7.50. The van der Waals surface area contributed by atoms with Gasteiger partial charge < -0.3 is 14.5 Å². The molecule has 0 N–H and O–H groups in total. The number of methoxy groups -OCH3 is 1. The summed E-state index contributed by atoms with van der Waals surface area (Å²) < 4.78 is 5.42. The molecule has 2 fully saturated rings. The molecular weight excluding hydrogens is 300 g/mol. The quantitative estimate of drug-likeness (QED) is 0.801. The van der Waals surface area contributed by atoms with E-state index < -0.39 is 0 Å². The third-order valence-electron chi connectivity index (χ3n) is 5.78. The molecule has 134 valence electrons. The summed E-state index contributed by atoms with van der Waals surface area (Å²) in [7, 11) is 1.83. The molecule has 0 aromatic carbocycles. The van der Waals surface area contributed by atoms with E-state index in [0.717, 1.165) is 32.1 Å². The highest BCUT2D eigenvalue weighted by molar-refractivity contribution is 5.36. The van der Waals surface area contributed by atoms with Crippen LogP contribution in [0.15, 0.2) is 18.3 Å². The molecule has 0 bridgehead atoms. The molecule has 1 saturated carbocycles. The molecule has 24 heavy (non-hydrogen) atoms. The van der Waals surface area contributed by atoms with Crippen molar-refractivity contribution in [3.05, 3.63) is 18.3 Å². The largest absolute Gasteiger partial charge is 0.385 e. The maximum Gasteiger partial charge on any atom is 0.151 e. The molecule has 1 saturated heterocycles. The van der Waals surface area contributed by atoms with Gasteiger partial charge in [0.15, 0.2) is 5.82 Å². The fraction of sp³-hybridized carbons (Fsp3) is 0.789. The zero-order valence-corrected chi connectivity index (χ0v) is 15.1. The lowest BCUT2D eigenvalue weighted by Gasteiger charge is -2.41. The minimum Gasteiger partial charge on any atom is -0.385 e. The van der Waals surface area contributed by atoms with Crippen molar-refractivity contribution >= 4 is 5.82 Å². The molecule has 0 spiro atoms. The van der Waals surface area contributed by atoms with Gasteiger partial charge >= 0.3 is 0 Å². The van der Waals surface area contributed by atoms with Crippen LogP contribution in [0.4, 0.5) is 5.82 Å². The molecule has 5 heteroatoms. The Morgan fingerprint density at radius 2 is 1.96 bits per heavy atom. The second kappa shape index (κ2) is 8.77. The number of nitrogens with zero attached hydrogens (tertiary/aromatic N) is 4. The van der Waals surface area contributed by atoms with Crippen LogP contribution in [-0.2, 0) is 4.74 Å². The smallest absolute Gasteiger partial charge is 0.151 e. The third-order valence-corrected chi connectivity index (χ3v) is 5.78. The van der Waals surface area contributed by atoms with Crippen LogP contribution in [0.25, 0.3) is 0 Å². The Morgan fingerprint density at radius 3 is 2.71 bits per heavy atom. The summed E-state index contributed by atoms with van der Waals surface area (Å²) in [5, 5.41) is 8.31. The summed E-state index contributed by atoms with van der Waals surface area (Å²) in [6, 6.07) is 4.05. The Kier molecular flexibility index (Phi) is 6.44. The molecule has 2 heterocycles. The van der Waals surface area contributed by atoms with Crippen molar-refractivity contribution in [1.29, 1.82) is 0 Å². The van der Waals surface area contributed by atoms with E-state index in [1.165, 1.54) is 58.0 Å². The number of hydrogen-bond acceptors (Lipinski definition) is 5. The fourth-order valence-electron chi connectivity index (χ4n) is 4.40. The Labute approximate surface area is 146 Å². The van der Waals surface area contributed by atoms with E-state index in [4.69, 9.17) is 4.74 Å². The Morgan fingerprint density at radius 1 is 1.08 bits per heavy atom. The topological polar surface area (TPSA) is 41.5 Å². The Balaban J connectivity index is 1.58. The molecular formula is C19H32N4O. The standard InChI is InChI=1S/C19H32N4O/c1-24-16-10-19(8-3-2-4-9-19)17-22-12-6-13-23(15-14-22)18-7-5-11-20-21-18/h5,7,11H,2-4,6,8-10,12-17H2,1H3. The number of anilines is 1. The molecule has 3 rings (SSSR count). The molecule has 1 aliphatic carbocycles. The van der Waals surface area contributed by atoms with E-state index in [1.54, 1.807) is 6.20 Å². The molecule has 2 aliphatic rings. The van der Waals surface area contributed by atoms with Gasteiger partial charge in [-0.05, 0) is 49.8 Å². The second-order valence-electron chi connectivity index (χ2n) is 7.50. The molecule has 0 atom stereocenters. The lowest BCUT2D eigenvalue weighted by Crippen LogP contribution is -2.41. The highest BCUT2D eigenvalue weighted by Gasteiger charge is 2.34. The average molecular weight is 332 g/mol. The van der Waals surface area contributed by atoms with Gasteiger partial charge in [0.25, 0.3) is 0 Å². The Bertz CT molecular complexity index is 476. The van der Waals surface area contributed by atoms with E-state index >= 15 is 0 Å². The van der Waals surface area contributed by atoms with E-state index in [2.05, 4.69) is 26.1 Å². The number of aromatic nitrogens is 2. The molecule has 0 radical (unpaired) electrons. The molecule has 5 nitrogen and oxygen atoms in total. The van der Waals surface area contributed by atoms with Crippen molar-refractivity contribution in [2.45, 2.75) is 44.9 Å². The van der Waals surface area contributed by atoms with Gasteiger partial charge in [0.1, 0.15) is 0 Å². The minimum atomic E-state index is 0.482. The highest BCUT2D eigenvalue weighted by Crippen LogP contribution is 2.40. The monoisotopic (exact) mass is 332 g/mol. The highest BCUT2D eigenvalue weighted by atomic mass is 16.5. The van der Waals surface area contributed by atoms with Crippen LogP contribution in [0.3, 0.4) is 0 Å². The van der Waals surface area contributed by atoms with Crippen LogP contribution in [0.1, 0.15) is 44.9 Å². The summed E-state index contributed by atoms with van der Waals surface area (Å²) >= 11 is 0. The van der Waals surface area contributed by atoms with Crippen molar-refractivity contribution in [3.63, 3.8) is 0 Å². The number of ether oxygens (including phenoxy) is 1. The van der Waals surface area contributed by atoms with Gasteiger partial charge in [0.2, 0.25) is 0 Å². The van der Waals surface area contributed by atoms with E-state index in [0.29, 0.717) is 5.41 Å². The van der Waals surface area contributed by atoms with Gasteiger partial charge in [-0.2, -0.15) is 5.10 Å². The third kappa shape index (κ3) is 4.67. The summed E-state index contributed by atoms with van der Waals surface area (Å²) in [5.74, 6) is 1.02. The first-order chi connectivity index (χ1) is 11.8. The summed E-state index contributed by atoms with van der Waals surface area (Å²) in [6.07, 6.45) is 11.1. The van der Waals surface area contributed by atoms with Crippen LogP contribution in [0.5, 0.6) is 0 Å². The van der Waals surface area contributed by atoms with Crippen LogP contribution in [0.2, 0.25) is 0 Å². The molecule has 1 aromatic heterocycles. The average Bonchev–Trinajstić information content (AvgIpc) is 2.87. The molecule has 1 aliphatic heterocycles. The molecule has 1 aromatic rings. The van der Waals surface area contributed by atoms with Gasteiger partial charge in [-0.3, -0.25) is 0 Å². The first-order valence-electron chi connectivity index (χ1n) is 9.55. The first-order valence-corrected chi connectivity index (χ1v) is 9.55. The van der Waals surface area contributed by atoms with Crippen LogP contribution >= 0.6 is 0 Å². The van der Waals surface area contributed by atoms with Crippen LogP contribution in [-0.4, -0.2) is 61.5 Å². The lowest BCUT2D eigenvalue weighted by atomic mass is 9.71. The molecule has 0 unspecified atom stereocenters. The maximum atomic E-state index is 5.42. The predicted molar refractivity (Wildman–Crippen MR) is 97.3 cm³/mol. The van der Waals surface area contributed by atoms with Crippen LogP contribution in [0, 0.1) is 5.41 Å². The van der Waals surface area contributed by atoms with Gasteiger partial charge in [0.05, 0.1) is 0 Å². The van der Waals surface area contributed by atoms with Gasteiger partial charge in [-0.15, -0.1) is 5.10 Å². The van der Waals surface area contributed by atoms with Crippen molar-refractivity contribution in [1.82, 2.24) is 15.1 Å². The predicted octanol–water partition coefficient (Wildman–Crippen LogP) is 2.98. The summed E-state index contributed by atoms with van der Waals surface area (Å²) in [5.41, 5.74) is 0.482. The first kappa shape index (κ1) is 17.6. The number of rotatable bonds is 6. The van der Waals surface area contributed by atoms with Crippen molar-refractivity contribution in [2.75, 3.05) is 51.3 Å². The van der Waals surface area contributed by atoms with Gasteiger partial charge in [-0.25, -0.2) is 0 Å². The fourth-order valence-corrected chi connectivity index (χ4v) is 4.40. The zero-order valence-electron chi connectivity index (χ0n) is 15.1. The van der Waals surface area contributed by atoms with Crippen molar-refractivity contribution in [2.24, 2.45) is 5.41 Å². The van der Waals surface area contributed by atoms with E-state index in [1.807, 2.05) is 13.2 Å². The van der Waals surface area contributed by atoms with Crippen molar-refractivity contribution in [3.8, 4) is 0 Å². The Hall–Kier alpha value is -1.20. The normalized spacial score (nSPS) is 22.3. The molecule has 0 amide bonds. The summed E-state index contributed by atoms with van der Waals surface area (Å²) in [4.78, 5) is 5.08. The zero-order chi connectivity index (χ0) is 16.7. The van der Waals surface area contributed by atoms with Crippen LogP contribution < -0.4 is 4.90 Å². The van der Waals surface area contributed by atoms with E-state index in [-0.39, 0.29) is 0 Å². The maximum absolute atomic E-state index is 5.42.